The number of hydrogen-bond donors (Lipinski definition) is 0. The van der Waals surface area contributed by atoms with E-state index in [4.69, 9.17) is 4.42 Å². The Hall–Kier alpha value is -1.28. The molecule has 1 aromatic heterocycles. The molecule has 1 fully saturated rings. The highest BCUT2D eigenvalue weighted by Crippen LogP contribution is 2.32. The highest BCUT2D eigenvalue weighted by atomic mass is 16.3. The third-order valence-electron chi connectivity index (χ3n) is 4.27. The average Bonchev–Trinajstić information content (AvgIpc) is 2.73. The van der Waals surface area contributed by atoms with Crippen molar-refractivity contribution in [1.82, 2.24) is 4.90 Å². The standard InChI is InChI=1S/C16H21NO/c1-11-8-14-10-16(18-15(14)9-12(11)2)13-4-6-17(3)7-5-13/h8-10,13H,4-7H2,1-3H3. The fraction of sp³-hybridized carbons (Fsp3) is 0.500. The molecule has 2 aromatic rings. The Balaban J connectivity index is 1.93. The number of aryl methyl sites for hydroxylation is 2. The number of piperidine rings is 1. The van der Waals surface area contributed by atoms with Crippen molar-refractivity contribution in [2.45, 2.75) is 32.6 Å². The molecule has 2 heterocycles. The van der Waals surface area contributed by atoms with Crippen LogP contribution in [-0.2, 0) is 0 Å². The maximum absolute atomic E-state index is 6.06. The molecular formula is C16H21NO. The summed E-state index contributed by atoms with van der Waals surface area (Å²) in [6.45, 7) is 6.67. The molecule has 2 nitrogen and oxygen atoms in total. The van der Waals surface area contributed by atoms with E-state index in [0.29, 0.717) is 5.92 Å². The lowest BCUT2D eigenvalue weighted by Gasteiger charge is -2.27. The zero-order chi connectivity index (χ0) is 12.7. The number of hydrogen-bond acceptors (Lipinski definition) is 2. The van der Waals surface area contributed by atoms with Crippen molar-refractivity contribution in [2.24, 2.45) is 0 Å². The quantitative estimate of drug-likeness (QED) is 0.756. The van der Waals surface area contributed by atoms with Gasteiger partial charge in [-0.05, 0) is 76.2 Å². The molecule has 1 aliphatic heterocycles. The molecule has 18 heavy (non-hydrogen) atoms. The van der Waals surface area contributed by atoms with E-state index < -0.39 is 0 Å². The lowest BCUT2D eigenvalue weighted by Crippen LogP contribution is -2.29. The molecular weight excluding hydrogens is 222 g/mol. The number of fused-ring (bicyclic) bond motifs is 1. The molecule has 3 rings (SSSR count). The smallest absolute Gasteiger partial charge is 0.134 e. The van der Waals surface area contributed by atoms with E-state index in [9.17, 15) is 0 Å². The van der Waals surface area contributed by atoms with Crippen LogP contribution in [0, 0.1) is 13.8 Å². The third-order valence-corrected chi connectivity index (χ3v) is 4.27. The minimum absolute atomic E-state index is 0.606. The minimum atomic E-state index is 0.606. The molecule has 0 aliphatic carbocycles. The average molecular weight is 243 g/mol. The summed E-state index contributed by atoms with van der Waals surface area (Å²) < 4.78 is 6.06. The van der Waals surface area contributed by atoms with Crippen LogP contribution in [0.15, 0.2) is 22.6 Å². The Morgan fingerprint density at radius 2 is 1.72 bits per heavy atom. The summed E-state index contributed by atoms with van der Waals surface area (Å²) >= 11 is 0. The van der Waals surface area contributed by atoms with Gasteiger partial charge < -0.3 is 9.32 Å². The van der Waals surface area contributed by atoms with Gasteiger partial charge in [0, 0.05) is 11.3 Å². The van der Waals surface area contributed by atoms with Gasteiger partial charge in [-0.1, -0.05) is 0 Å². The number of nitrogens with zero attached hydrogens (tertiary/aromatic N) is 1. The van der Waals surface area contributed by atoms with Gasteiger partial charge in [-0.25, -0.2) is 0 Å². The summed E-state index contributed by atoms with van der Waals surface area (Å²) in [5, 5.41) is 1.26. The molecule has 0 saturated carbocycles. The van der Waals surface area contributed by atoms with E-state index in [1.165, 1.54) is 48.2 Å². The SMILES string of the molecule is Cc1cc2cc(C3CCN(C)CC3)oc2cc1C. The summed E-state index contributed by atoms with van der Waals surface area (Å²) in [5.41, 5.74) is 3.71. The molecule has 2 heteroatoms. The van der Waals surface area contributed by atoms with Crippen molar-refractivity contribution in [3.05, 3.63) is 35.1 Å². The first-order valence-electron chi connectivity index (χ1n) is 6.83. The predicted octanol–water partition coefficient (Wildman–Crippen LogP) is 3.86. The van der Waals surface area contributed by atoms with Crippen LogP contribution in [0.4, 0.5) is 0 Å². The molecule has 96 valence electrons. The second kappa shape index (κ2) is 4.43. The van der Waals surface area contributed by atoms with Crippen LogP contribution in [0.25, 0.3) is 11.0 Å². The number of rotatable bonds is 1. The predicted molar refractivity (Wildman–Crippen MR) is 75.2 cm³/mol. The lowest BCUT2D eigenvalue weighted by molar-refractivity contribution is 0.242. The van der Waals surface area contributed by atoms with Crippen molar-refractivity contribution in [2.75, 3.05) is 20.1 Å². The van der Waals surface area contributed by atoms with Crippen LogP contribution in [0.3, 0.4) is 0 Å². The zero-order valence-electron chi connectivity index (χ0n) is 11.5. The summed E-state index contributed by atoms with van der Waals surface area (Å²) in [4.78, 5) is 2.40. The molecule has 0 N–H and O–H groups in total. The van der Waals surface area contributed by atoms with E-state index in [2.05, 4.69) is 44.0 Å². The highest BCUT2D eigenvalue weighted by Gasteiger charge is 2.21. The maximum Gasteiger partial charge on any atom is 0.134 e. The highest BCUT2D eigenvalue weighted by molar-refractivity contribution is 5.79. The van der Waals surface area contributed by atoms with E-state index in [-0.39, 0.29) is 0 Å². The van der Waals surface area contributed by atoms with Crippen LogP contribution in [0.2, 0.25) is 0 Å². The van der Waals surface area contributed by atoms with E-state index in [0.717, 1.165) is 5.58 Å². The molecule has 0 radical (unpaired) electrons. The van der Waals surface area contributed by atoms with Crippen LogP contribution in [-0.4, -0.2) is 25.0 Å². The summed E-state index contributed by atoms with van der Waals surface area (Å²) in [5.74, 6) is 1.79. The first kappa shape index (κ1) is 11.8. The van der Waals surface area contributed by atoms with Gasteiger partial charge in [0.2, 0.25) is 0 Å². The topological polar surface area (TPSA) is 16.4 Å². The van der Waals surface area contributed by atoms with Crippen LogP contribution in [0.1, 0.15) is 35.6 Å². The Bertz CT molecular complexity index is 523. The number of furan rings is 1. The Labute approximate surface area is 109 Å². The van der Waals surface area contributed by atoms with Crippen molar-refractivity contribution < 1.29 is 4.42 Å². The van der Waals surface area contributed by atoms with E-state index >= 15 is 0 Å². The van der Waals surface area contributed by atoms with E-state index in [1.54, 1.807) is 0 Å². The summed E-state index contributed by atoms with van der Waals surface area (Å²) in [7, 11) is 2.20. The van der Waals surface area contributed by atoms with Crippen LogP contribution >= 0.6 is 0 Å². The van der Waals surface area contributed by atoms with Crippen molar-refractivity contribution in [1.29, 1.82) is 0 Å². The molecule has 0 spiro atoms. The fourth-order valence-corrected chi connectivity index (χ4v) is 2.82. The second-order valence-electron chi connectivity index (χ2n) is 5.70. The lowest BCUT2D eigenvalue weighted by atomic mass is 9.94. The number of likely N-dealkylation sites (tertiary alicyclic amines) is 1. The fourth-order valence-electron chi connectivity index (χ4n) is 2.82. The van der Waals surface area contributed by atoms with Crippen molar-refractivity contribution in [3.8, 4) is 0 Å². The maximum atomic E-state index is 6.06. The van der Waals surface area contributed by atoms with Gasteiger partial charge in [-0.15, -0.1) is 0 Å². The molecule has 1 aliphatic rings. The largest absolute Gasteiger partial charge is 0.461 e. The molecule has 0 unspecified atom stereocenters. The van der Waals surface area contributed by atoms with Crippen LogP contribution in [0.5, 0.6) is 0 Å². The molecule has 0 bridgehead atoms. The Morgan fingerprint density at radius 1 is 1.06 bits per heavy atom. The Morgan fingerprint density at radius 3 is 2.44 bits per heavy atom. The van der Waals surface area contributed by atoms with Gasteiger partial charge in [0.15, 0.2) is 0 Å². The molecule has 0 atom stereocenters. The first-order valence-corrected chi connectivity index (χ1v) is 6.83. The normalized spacial score (nSPS) is 18.6. The zero-order valence-corrected chi connectivity index (χ0v) is 11.5. The van der Waals surface area contributed by atoms with Gasteiger partial charge >= 0.3 is 0 Å². The van der Waals surface area contributed by atoms with Gasteiger partial charge in [-0.2, -0.15) is 0 Å². The van der Waals surface area contributed by atoms with Gasteiger partial charge in [-0.3, -0.25) is 0 Å². The first-order chi connectivity index (χ1) is 8.63. The van der Waals surface area contributed by atoms with Gasteiger partial charge in [0.25, 0.3) is 0 Å². The van der Waals surface area contributed by atoms with Crippen LogP contribution < -0.4 is 0 Å². The van der Waals surface area contributed by atoms with Crippen molar-refractivity contribution >= 4 is 11.0 Å². The summed E-state index contributed by atoms with van der Waals surface area (Å²) in [6.07, 6.45) is 2.43. The van der Waals surface area contributed by atoms with E-state index in [1.807, 2.05) is 0 Å². The molecule has 1 saturated heterocycles. The van der Waals surface area contributed by atoms with Gasteiger partial charge in [0.05, 0.1) is 0 Å². The monoisotopic (exact) mass is 243 g/mol. The third kappa shape index (κ3) is 2.05. The minimum Gasteiger partial charge on any atom is -0.461 e. The molecule has 0 amide bonds. The number of benzene rings is 1. The summed E-state index contributed by atoms with van der Waals surface area (Å²) in [6, 6.07) is 6.66. The van der Waals surface area contributed by atoms with Gasteiger partial charge in [0.1, 0.15) is 11.3 Å². The Kier molecular flexibility index (Phi) is 2.90. The molecule has 1 aromatic carbocycles. The van der Waals surface area contributed by atoms with Crippen molar-refractivity contribution in [3.63, 3.8) is 0 Å². The second-order valence-corrected chi connectivity index (χ2v) is 5.70.